The van der Waals surface area contributed by atoms with Gasteiger partial charge in [0.1, 0.15) is 0 Å². The van der Waals surface area contributed by atoms with Crippen LogP contribution in [0.15, 0.2) is 18.2 Å². The molecule has 1 aliphatic carbocycles. The second-order valence-electron chi connectivity index (χ2n) is 4.59. The first kappa shape index (κ1) is 10.6. The summed E-state index contributed by atoms with van der Waals surface area (Å²) in [5.41, 5.74) is 6.02. The van der Waals surface area contributed by atoms with Crippen LogP contribution in [0.5, 0.6) is 11.5 Å². The molecular weight excluding hydrogens is 218 g/mol. The van der Waals surface area contributed by atoms with Gasteiger partial charge < -0.3 is 15.2 Å². The molecule has 1 aromatic carbocycles. The molecule has 0 saturated heterocycles. The number of benzene rings is 1. The molecule has 3 rings (SSSR count). The molecule has 17 heavy (non-hydrogen) atoms. The maximum absolute atomic E-state index is 11.7. The third-order valence-electron chi connectivity index (χ3n) is 3.34. The maximum atomic E-state index is 11.7. The number of ether oxygens (including phenoxy) is 2. The molecule has 4 nitrogen and oxygen atoms in total. The van der Waals surface area contributed by atoms with Crippen molar-refractivity contribution in [2.75, 3.05) is 6.54 Å². The number of hydrogen-bond acceptors (Lipinski definition) is 4. The van der Waals surface area contributed by atoms with Gasteiger partial charge in [-0.15, -0.1) is 0 Å². The van der Waals surface area contributed by atoms with Crippen LogP contribution in [0, 0.1) is 0 Å². The first-order valence-electron chi connectivity index (χ1n) is 5.98. The lowest BCUT2D eigenvalue weighted by molar-refractivity contribution is -0.138. The fourth-order valence-electron chi connectivity index (χ4n) is 2.21. The highest BCUT2D eigenvalue weighted by Crippen LogP contribution is 2.48. The van der Waals surface area contributed by atoms with Crippen LogP contribution in [0.3, 0.4) is 0 Å². The van der Waals surface area contributed by atoms with E-state index in [9.17, 15) is 4.79 Å². The van der Waals surface area contributed by atoms with Gasteiger partial charge in [0, 0.05) is 24.8 Å². The average Bonchev–Trinajstić information content (AvgIpc) is 2.67. The van der Waals surface area contributed by atoms with Gasteiger partial charge in [-0.25, -0.2) is 0 Å². The number of fused-ring (bicyclic) bond motifs is 1. The summed E-state index contributed by atoms with van der Waals surface area (Å²) in [6.45, 7) is 0.372. The molecule has 1 heterocycles. The van der Waals surface area contributed by atoms with Crippen molar-refractivity contribution in [3.63, 3.8) is 0 Å². The number of carbonyl (C=O) groups is 1. The van der Waals surface area contributed by atoms with E-state index in [4.69, 9.17) is 15.2 Å². The third kappa shape index (κ3) is 1.69. The largest absolute Gasteiger partial charge is 0.448 e. The summed E-state index contributed by atoms with van der Waals surface area (Å²) in [5.74, 6) is 1.05. The highest BCUT2D eigenvalue weighted by Gasteiger charge is 2.47. The summed E-state index contributed by atoms with van der Waals surface area (Å²) in [4.78, 5) is 11.7. The second kappa shape index (κ2) is 3.74. The highest BCUT2D eigenvalue weighted by atomic mass is 16.7. The van der Waals surface area contributed by atoms with Gasteiger partial charge in [-0.05, 0) is 31.2 Å². The van der Waals surface area contributed by atoms with E-state index in [1.54, 1.807) is 12.1 Å². The zero-order chi connectivity index (χ0) is 11.9. The van der Waals surface area contributed by atoms with Crippen LogP contribution in [-0.4, -0.2) is 18.1 Å². The van der Waals surface area contributed by atoms with Gasteiger partial charge in [-0.1, -0.05) is 0 Å². The molecule has 1 saturated carbocycles. The molecule has 4 heteroatoms. The number of carbonyl (C=O) groups excluding carboxylic acids is 1. The van der Waals surface area contributed by atoms with E-state index in [1.807, 2.05) is 6.07 Å². The summed E-state index contributed by atoms with van der Waals surface area (Å²) in [7, 11) is 0. The van der Waals surface area contributed by atoms with Gasteiger partial charge in [-0.3, -0.25) is 4.79 Å². The van der Waals surface area contributed by atoms with Gasteiger partial charge in [0.25, 0.3) is 5.79 Å². The van der Waals surface area contributed by atoms with E-state index in [0.717, 1.165) is 25.0 Å². The van der Waals surface area contributed by atoms with Crippen molar-refractivity contribution >= 4 is 5.78 Å². The minimum Gasteiger partial charge on any atom is -0.448 e. The fourth-order valence-corrected chi connectivity index (χ4v) is 2.21. The summed E-state index contributed by atoms with van der Waals surface area (Å²) in [6, 6.07) is 5.35. The molecule has 2 N–H and O–H groups in total. The molecule has 0 bridgehead atoms. The lowest BCUT2D eigenvalue weighted by atomic mass is 9.91. The number of Topliss-reactive ketones (excluding diaryl/α,β-unsaturated/α-hetero) is 1. The quantitative estimate of drug-likeness (QED) is 0.809. The first-order valence-corrected chi connectivity index (χ1v) is 5.98. The number of rotatable bonds is 3. The summed E-state index contributed by atoms with van der Waals surface area (Å²) in [5, 5.41) is 0. The smallest absolute Gasteiger partial charge is 0.251 e. The van der Waals surface area contributed by atoms with Crippen LogP contribution >= 0.6 is 0 Å². The van der Waals surface area contributed by atoms with E-state index in [0.29, 0.717) is 24.3 Å². The topological polar surface area (TPSA) is 61.6 Å². The predicted molar refractivity (Wildman–Crippen MR) is 62.3 cm³/mol. The standard InChI is InChI=1S/C13H15NO3/c14-7-4-10(15)9-2-3-11-12(8-9)17-13(16-11)5-1-6-13/h2-3,8H,1,4-7,14H2. The SMILES string of the molecule is NCCC(=O)c1ccc2c(c1)OC1(CCC1)O2. The second-order valence-corrected chi connectivity index (χ2v) is 4.59. The van der Waals surface area contributed by atoms with E-state index in [1.165, 1.54) is 0 Å². The monoisotopic (exact) mass is 233 g/mol. The summed E-state index contributed by atoms with van der Waals surface area (Å²) < 4.78 is 11.6. The van der Waals surface area contributed by atoms with Crippen molar-refractivity contribution < 1.29 is 14.3 Å². The molecular formula is C13H15NO3. The molecule has 0 aromatic heterocycles. The maximum Gasteiger partial charge on any atom is 0.251 e. The van der Waals surface area contributed by atoms with Gasteiger partial charge in [0.2, 0.25) is 0 Å². The van der Waals surface area contributed by atoms with Crippen LogP contribution < -0.4 is 15.2 Å². The minimum absolute atomic E-state index is 0.0495. The average molecular weight is 233 g/mol. The van der Waals surface area contributed by atoms with Gasteiger partial charge >= 0.3 is 0 Å². The summed E-state index contributed by atoms with van der Waals surface area (Å²) >= 11 is 0. The van der Waals surface area contributed by atoms with Crippen LogP contribution in [-0.2, 0) is 0 Å². The molecule has 2 aliphatic rings. The Bertz CT molecular complexity index is 466. The zero-order valence-electron chi connectivity index (χ0n) is 9.57. The first-order chi connectivity index (χ1) is 8.22. The molecule has 0 atom stereocenters. The van der Waals surface area contributed by atoms with Gasteiger partial charge in [0.15, 0.2) is 17.3 Å². The van der Waals surface area contributed by atoms with Crippen molar-refractivity contribution in [3.05, 3.63) is 23.8 Å². The van der Waals surface area contributed by atoms with E-state index >= 15 is 0 Å². The Morgan fingerprint density at radius 1 is 1.29 bits per heavy atom. The van der Waals surface area contributed by atoms with Gasteiger partial charge in [0.05, 0.1) is 0 Å². The van der Waals surface area contributed by atoms with Crippen LogP contribution in [0.2, 0.25) is 0 Å². The molecule has 1 aromatic rings. The number of ketones is 1. The van der Waals surface area contributed by atoms with Crippen LogP contribution in [0.25, 0.3) is 0 Å². The normalized spacial score (nSPS) is 19.1. The van der Waals surface area contributed by atoms with Crippen molar-refractivity contribution in [2.45, 2.75) is 31.5 Å². The number of hydrogen-bond donors (Lipinski definition) is 1. The Morgan fingerprint density at radius 3 is 2.71 bits per heavy atom. The Hall–Kier alpha value is -1.55. The fraction of sp³-hybridized carbons (Fsp3) is 0.462. The molecule has 1 spiro atoms. The van der Waals surface area contributed by atoms with Gasteiger partial charge in [-0.2, -0.15) is 0 Å². The highest BCUT2D eigenvalue weighted by molar-refractivity contribution is 5.96. The minimum atomic E-state index is -0.433. The molecule has 1 aliphatic heterocycles. The van der Waals surface area contributed by atoms with E-state index in [2.05, 4.69) is 0 Å². The van der Waals surface area contributed by atoms with Crippen molar-refractivity contribution in [1.82, 2.24) is 0 Å². The Labute approximate surface area is 99.7 Å². The van der Waals surface area contributed by atoms with E-state index < -0.39 is 5.79 Å². The van der Waals surface area contributed by atoms with Crippen LogP contribution in [0.4, 0.5) is 0 Å². The zero-order valence-corrected chi connectivity index (χ0v) is 9.57. The molecule has 0 amide bonds. The third-order valence-corrected chi connectivity index (χ3v) is 3.34. The molecule has 1 fully saturated rings. The predicted octanol–water partition coefficient (Wildman–Crippen LogP) is 1.87. The van der Waals surface area contributed by atoms with Crippen molar-refractivity contribution in [3.8, 4) is 11.5 Å². The Morgan fingerprint density at radius 2 is 2.06 bits per heavy atom. The number of nitrogens with two attached hydrogens (primary N) is 1. The van der Waals surface area contributed by atoms with E-state index in [-0.39, 0.29) is 5.78 Å². The molecule has 0 radical (unpaired) electrons. The van der Waals surface area contributed by atoms with Crippen molar-refractivity contribution in [1.29, 1.82) is 0 Å². The lowest BCUT2D eigenvalue weighted by Gasteiger charge is -2.35. The molecule has 90 valence electrons. The molecule has 0 unspecified atom stereocenters. The Kier molecular flexibility index (Phi) is 2.33. The lowest BCUT2D eigenvalue weighted by Crippen LogP contribution is -2.45. The van der Waals surface area contributed by atoms with Crippen LogP contribution in [0.1, 0.15) is 36.0 Å². The summed E-state index contributed by atoms with van der Waals surface area (Å²) in [6.07, 6.45) is 3.35. The van der Waals surface area contributed by atoms with Crippen molar-refractivity contribution in [2.24, 2.45) is 5.73 Å². The Balaban J connectivity index is 1.84.